The zero-order valence-corrected chi connectivity index (χ0v) is 14.0. The van der Waals surface area contributed by atoms with Crippen LogP contribution in [0.1, 0.15) is 30.9 Å². The number of hydrogen-bond donors (Lipinski definition) is 0. The molecule has 0 radical (unpaired) electrons. The number of aromatic nitrogens is 4. The summed E-state index contributed by atoms with van der Waals surface area (Å²) in [6.45, 7) is 6.87. The van der Waals surface area contributed by atoms with E-state index in [0.29, 0.717) is 28.3 Å². The quantitative estimate of drug-likeness (QED) is 0.843. The van der Waals surface area contributed by atoms with Crippen LogP contribution in [0.3, 0.4) is 0 Å². The molecule has 0 atom stereocenters. The number of hydrogen-bond acceptors (Lipinski definition) is 3. The van der Waals surface area contributed by atoms with E-state index in [1.54, 1.807) is 6.92 Å². The van der Waals surface area contributed by atoms with Gasteiger partial charge in [-0.2, -0.15) is 5.10 Å². The van der Waals surface area contributed by atoms with Gasteiger partial charge in [0.2, 0.25) is 0 Å². The highest BCUT2D eigenvalue weighted by Crippen LogP contribution is 2.22. The van der Waals surface area contributed by atoms with Crippen molar-refractivity contribution in [3.05, 3.63) is 43.3 Å². The second-order valence-electron chi connectivity index (χ2n) is 4.45. The molecule has 0 saturated carbocycles. The maximum atomic E-state index is 12.2. The van der Waals surface area contributed by atoms with Crippen molar-refractivity contribution in [1.29, 1.82) is 0 Å². The molecular formula is C13H16BrClN4O. The molecule has 0 bridgehead atoms. The van der Waals surface area contributed by atoms with Gasteiger partial charge in [0.15, 0.2) is 0 Å². The van der Waals surface area contributed by atoms with E-state index in [1.165, 1.54) is 10.9 Å². The molecule has 108 valence electrons. The van der Waals surface area contributed by atoms with E-state index in [4.69, 9.17) is 11.6 Å². The lowest BCUT2D eigenvalue weighted by Gasteiger charge is -2.09. The van der Waals surface area contributed by atoms with Gasteiger partial charge in [-0.15, -0.1) is 0 Å². The van der Waals surface area contributed by atoms with E-state index in [-0.39, 0.29) is 5.56 Å². The van der Waals surface area contributed by atoms with Gasteiger partial charge in [-0.05, 0) is 36.2 Å². The summed E-state index contributed by atoms with van der Waals surface area (Å²) in [6, 6.07) is 0. The normalized spacial score (nSPS) is 11.1. The number of halogens is 2. The first-order valence-corrected chi connectivity index (χ1v) is 7.62. The van der Waals surface area contributed by atoms with Gasteiger partial charge in [-0.3, -0.25) is 14.0 Å². The molecule has 2 aromatic heterocycles. The second kappa shape index (κ2) is 6.10. The monoisotopic (exact) mass is 358 g/mol. The summed E-state index contributed by atoms with van der Waals surface area (Å²) in [7, 11) is 0. The van der Waals surface area contributed by atoms with E-state index in [2.05, 4.69) is 26.0 Å². The van der Waals surface area contributed by atoms with Crippen LogP contribution in [0.15, 0.2) is 15.6 Å². The average Bonchev–Trinajstić information content (AvgIpc) is 2.75. The fourth-order valence-electron chi connectivity index (χ4n) is 1.99. The van der Waals surface area contributed by atoms with Crippen LogP contribution in [-0.2, 0) is 19.5 Å². The summed E-state index contributed by atoms with van der Waals surface area (Å²) < 4.78 is 3.85. The van der Waals surface area contributed by atoms with Crippen molar-refractivity contribution < 1.29 is 0 Å². The Labute approximate surface area is 130 Å². The molecule has 0 N–H and O–H groups in total. The summed E-state index contributed by atoms with van der Waals surface area (Å²) in [5.41, 5.74) is 2.26. The van der Waals surface area contributed by atoms with Crippen molar-refractivity contribution in [3.63, 3.8) is 0 Å². The molecule has 0 aliphatic heterocycles. The maximum Gasteiger partial charge on any atom is 0.268 e. The minimum Gasteiger partial charge on any atom is -0.292 e. The number of nitrogens with zero attached hydrogens (tertiary/aromatic N) is 4. The Morgan fingerprint density at radius 1 is 1.40 bits per heavy atom. The molecule has 0 unspecified atom stereocenters. The Balaban J connectivity index is 2.47. The van der Waals surface area contributed by atoms with E-state index in [9.17, 15) is 4.79 Å². The van der Waals surface area contributed by atoms with Crippen LogP contribution < -0.4 is 5.56 Å². The summed E-state index contributed by atoms with van der Waals surface area (Å²) in [5.74, 6) is 0. The van der Waals surface area contributed by atoms with E-state index < -0.39 is 0 Å². The molecule has 7 heteroatoms. The predicted octanol–water partition coefficient (Wildman–Crippen LogP) is 2.79. The SMILES string of the molecule is CCc1nn(CC)c(Cn2cnc(C)c(Br)c2=O)c1Cl. The van der Waals surface area contributed by atoms with Crippen LogP contribution >= 0.6 is 27.5 Å². The fraction of sp³-hybridized carbons (Fsp3) is 0.462. The summed E-state index contributed by atoms with van der Waals surface area (Å²) in [4.78, 5) is 16.4. The van der Waals surface area contributed by atoms with Gasteiger partial charge >= 0.3 is 0 Å². The first kappa shape index (κ1) is 15.3. The van der Waals surface area contributed by atoms with Crippen molar-refractivity contribution in [2.75, 3.05) is 0 Å². The lowest BCUT2D eigenvalue weighted by Crippen LogP contribution is -2.24. The van der Waals surface area contributed by atoms with Gasteiger partial charge in [0, 0.05) is 6.54 Å². The molecular weight excluding hydrogens is 344 g/mol. The van der Waals surface area contributed by atoms with Crippen molar-refractivity contribution >= 4 is 27.5 Å². The molecule has 0 amide bonds. The van der Waals surface area contributed by atoms with Crippen LogP contribution in [-0.4, -0.2) is 19.3 Å². The molecule has 0 aliphatic carbocycles. The van der Waals surface area contributed by atoms with E-state index in [0.717, 1.165) is 17.8 Å². The van der Waals surface area contributed by atoms with Crippen LogP contribution in [0.4, 0.5) is 0 Å². The first-order chi connectivity index (χ1) is 9.49. The van der Waals surface area contributed by atoms with Crippen LogP contribution in [0, 0.1) is 6.92 Å². The molecule has 0 spiro atoms. The van der Waals surface area contributed by atoms with Crippen LogP contribution in [0.25, 0.3) is 0 Å². The minimum atomic E-state index is -0.115. The van der Waals surface area contributed by atoms with Gasteiger partial charge in [0.1, 0.15) is 4.47 Å². The number of aryl methyl sites for hydroxylation is 3. The molecule has 0 fully saturated rings. The lowest BCUT2D eigenvalue weighted by molar-refractivity contribution is 0.585. The van der Waals surface area contributed by atoms with Crippen molar-refractivity contribution in [3.8, 4) is 0 Å². The average molecular weight is 360 g/mol. The highest BCUT2D eigenvalue weighted by Gasteiger charge is 2.16. The Morgan fingerprint density at radius 2 is 2.10 bits per heavy atom. The molecule has 0 saturated heterocycles. The first-order valence-electron chi connectivity index (χ1n) is 6.45. The fourth-order valence-corrected chi connectivity index (χ4v) is 2.65. The van der Waals surface area contributed by atoms with Crippen molar-refractivity contribution in [2.45, 2.75) is 40.3 Å². The van der Waals surface area contributed by atoms with Gasteiger partial charge in [-0.1, -0.05) is 18.5 Å². The second-order valence-corrected chi connectivity index (χ2v) is 5.62. The van der Waals surface area contributed by atoms with Gasteiger partial charge < -0.3 is 0 Å². The maximum absolute atomic E-state index is 12.2. The number of rotatable bonds is 4. The van der Waals surface area contributed by atoms with E-state index in [1.807, 2.05) is 18.5 Å². The third-order valence-electron chi connectivity index (χ3n) is 3.17. The Bertz CT molecular complexity index is 692. The zero-order valence-electron chi connectivity index (χ0n) is 11.7. The third kappa shape index (κ3) is 2.67. The standard InChI is InChI=1S/C13H16BrClN4O/c1-4-9-12(15)10(19(5-2)17-9)6-18-7-16-8(3)11(14)13(18)20/h7H,4-6H2,1-3H3. The van der Waals surface area contributed by atoms with Crippen LogP contribution in [0.2, 0.25) is 5.02 Å². The summed E-state index contributed by atoms with van der Waals surface area (Å²) >= 11 is 9.62. The molecule has 0 aromatic carbocycles. The molecule has 2 aromatic rings. The smallest absolute Gasteiger partial charge is 0.268 e. The minimum absolute atomic E-state index is 0.115. The summed E-state index contributed by atoms with van der Waals surface area (Å²) in [6.07, 6.45) is 2.31. The highest BCUT2D eigenvalue weighted by molar-refractivity contribution is 9.10. The highest BCUT2D eigenvalue weighted by atomic mass is 79.9. The molecule has 2 heterocycles. The van der Waals surface area contributed by atoms with Gasteiger partial charge in [0.05, 0.1) is 35.0 Å². The van der Waals surface area contributed by atoms with Gasteiger partial charge in [0.25, 0.3) is 5.56 Å². The van der Waals surface area contributed by atoms with Crippen molar-refractivity contribution in [1.82, 2.24) is 19.3 Å². The molecule has 20 heavy (non-hydrogen) atoms. The molecule has 5 nitrogen and oxygen atoms in total. The van der Waals surface area contributed by atoms with Gasteiger partial charge in [-0.25, -0.2) is 4.98 Å². The zero-order chi connectivity index (χ0) is 14.9. The molecule has 0 aliphatic rings. The van der Waals surface area contributed by atoms with Crippen molar-refractivity contribution in [2.24, 2.45) is 0 Å². The van der Waals surface area contributed by atoms with Crippen LogP contribution in [0.5, 0.6) is 0 Å². The Kier molecular flexibility index (Phi) is 4.65. The Morgan fingerprint density at radius 3 is 2.70 bits per heavy atom. The largest absolute Gasteiger partial charge is 0.292 e. The Hall–Kier alpha value is -1.14. The van der Waals surface area contributed by atoms with E-state index >= 15 is 0 Å². The third-order valence-corrected chi connectivity index (χ3v) is 4.52. The summed E-state index contributed by atoms with van der Waals surface area (Å²) in [5, 5.41) is 5.09. The molecule has 2 rings (SSSR count). The topological polar surface area (TPSA) is 52.7 Å². The lowest BCUT2D eigenvalue weighted by atomic mass is 10.3. The predicted molar refractivity (Wildman–Crippen MR) is 82.3 cm³/mol.